The molecule has 4 rings (SSSR count). The lowest BCUT2D eigenvalue weighted by Gasteiger charge is -2.16. The van der Waals surface area contributed by atoms with Gasteiger partial charge in [0.15, 0.2) is 5.82 Å². The number of nitrogens with one attached hydrogen (secondary N) is 2. The van der Waals surface area contributed by atoms with E-state index in [1.54, 1.807) is 12.3 Å². The highest BCUT2D eigenvalue weighted by Crippen LogP contribution is 2.32. The fourth-order valence-corrected chi connectivity index (χ4v) is 3.09. The molecule has 2 N–H and O–H groups in total. The van der Waals surface area contributed by atoms with Crippen molar-refractivity contribution in [1.82, 2.24) is 25.1 Å². The lowest BCUT2D eigenvalue weighted by Crippen LogP contribution is -2.19. The smallest absolute Gasteiger partial charge is 0.179 e. The molecular formula is C16H17ClN6O. The van der Waals surface area contributed by atoms with Crippen LogP contribution in [-0.4, -0.2) is 38.3 Å². The highest BCUT2D eigenvalue weighted by molar-refractivity contribution is 6.31. The van der Waals surface area contributed by atoms with Gasteiger partial charge in [-0.25, -0.2) is 9.97 Å². The summed E-state index contributed by atoms with van der Waals surface area (Å²) in [5.41, 5.74) is 1.60. The van der Waals surface area contributed by atoms with Crippen LogP contribution in [0.1, 0.15) is 24.2 Å². The predicted octanol–water partition coefficient (Wildman–Crippen LogP) is 2.90. The molecule has 1 fully saturated rings. The van der Waals surface area contributed by atoms with Crippen LogP contribution in [0.15, 0.2) is 24.4 Å². The van der Waals surface area contributed by atoms with Crippen molar-refractivity contribution in [3.05, 3.63) is 41.1 Å². The Morgan fingerprint density at radius 3 is 3.08 bits per heavy atom. The molecule has 1 aliphatic heterocycles. The Hall–Kier alpha value is -2.25. The SMILES string of the molecule is Cc1nc([C@@H]2OCC[C@@H]2CNc2cnc3cc(Cl)ccc3n2)n[nH]1. The number of ether oxygens (including phenoxy) is 1. The second kappa shape index (κ2) is 6.33. The van der Waals surface area contributed by atoms with Crippen molar-refractivity contribution in [1.29, 1.82) is 0 Å². The second-order valence-corrected chi connectivity index (χ2v) is 6.32. The molecule has 1 aromatic carbocycles. The number of benzene rings is 1. The van der Waals surface area contributed by atoms with Crippen LogP contribution in [0, 0.1) is 12.8 Å². The Morgan fingerprint density at radius 2 is 2.25 bits per heavy atom. The van der Waals surface area contributed by atoms with Crippen LogP contribution in [0.3, 0.4) is 0 Å². The number of hydrogen-bond acceptors (Lipinski definition) is 6. The highest BCUT2D eigenvalue weighted by Gasteiger charge is 2.32. The van der Waals surface area contributed by atoms with Gasteiger partial charge in [0.25, 0.3) is 0 Å². The van der Waals surface area contributed by atoms with E-state index in [2.05, 4.69) is 30.5 Å². The minimum absolute atomic E-state index is 0.0883. The predicted molar refractivity (Wildman–Crippen MR) is 91.0 cm³/mol. The van der Waals surface area contributed by atoms with E-state index in [4.69, 9.17) is 16.3 Å². The number of aromatic amines is 1. The van der Waals surface area contributed by atoms with Crippen molar-refractivity contribution < 1.29 is 4.74 Å². The van der Waals surface area contributed by atoms with E-state index in [1.165, 1.54) is 0 Å². The number of nitrogens with zero attached hydrogens (tertiary/aromatic N) is 4. The first-order valence-electron chi connectivity index (χ1n) is 7.86. The van der Waals surface area contributed by atoms with Gasteiger partial charge in [0, 0.05) is 24.1 Å². The molecule has 1 aliphatic rings. The first-order valence-corrected chi connectivity index (χ1v) is 8.23. The minimum Gasteiger partial charge on any atom is -0.370 e. The van der Waals surface area contributed by atoms with E-state index in [1.807, 2.05) is 19.1 Å². The number of H-pyrrole nitrogens is 1. The lowest BCUT2D eigenvalue weighted by molar-refractivity contribution is 0.0863. The van der Waals surface area contributed by atoms with Crippen LogP contribution < -0.4 is 5.32 Å². The second-order valence-electron chi connectivity index (χ2n) is 5.89. The number of anilines is 1. The number of rotatable bonds is 4. The van der Waals surface area contributed by atoms with Crippen molar-refractivity contribution in [2.45, 2.75) is 19.4 Å². The van der Waals surface area contributed by atoms with Gasteiger partial charge in [0.1, 0.15) is 17.7 Å². The molecule has 0 aliphatic carbocycles. The molecule has 24 heavy (non-hydrogen) atoms. The van der Waals surface area contributed by atoms with E-state index >= 15 is 0 Å². The molecule has 0 unspecified atom stereocenters. The van der Waals surface area contributed by atoms with Crippen molar-refractivity contribution >= 4 is 28.5 Å². The maximum Gasteiger partial charge on any atom is 0.179 e. The zero-order chi connectivity index (χ0) is 16.5. The largest absolute Gasteiger partial charge is 0.370 e. The number of hydrogen-bond donors (Lipinski definition) is 2. The summed E-state index contributed by atoms with van der Waals surface area (Å²) in [7, 11) is 0. The zero-order valence-corrected chi connectivity index (χ0v) is 13.9. The van der Waals surface area contributed by atoms with Gasteiger partial charge in [-0.15, -0.1) is 0 Å². The van der Waals surface area contributed by atoms with Gasteiger partial charge >= 0.3 is 0 Å². The summed E-state index contributed by atoms with van der Waals surface area (Å²) in [6, 6.07) is 5.49. The van der Waals surface area contributed by atoms with Crippen molar-refractivity contribution in [2.24, 2.45) is 5.92 Å². The topological polar surface area (TPSA) is 88.6 Å². The number of fused-ring (bicyclic) bond motifs is 1. The molecule has 2 atom stereocenters. The third kappa shape index (κ3) is 3.05. The summed E-state index contributed by atoms with van der Waals surface area (Å²) in [6.07, 6.45) is 2.59. The van der Waals surface area contributed by atoms with Gasteiger partial charge in [0.05, 0.1) is 17.2 Å². The molecule has 0 saturated carbocycles. The van der Waals surface area contributed by atoms with E-state index in [-0.39, 0.29) is 6.10 Å². The van der Waals surface area contributed by atoms with Gasteiger partial charge in [-0.05, 0) is 31.5 Å². The monoisotopic (exact) mass is 344 g/mol. The van der Waals surface area contributed by atoms with Gasteiger partial charge in [-0.3, -0.25) is 10.1 Å². The first kappa shape index (κ1) is 15.3. The number of halogens is 1. The molecule has 124 valence electrons. The molecule has 0 spiro atoms. The molecule has 1 saturated heterocycles. The standard InChI is InChI=1S/C16H17ClN6O/c1-9-20-16(23-22-9)15-10(4-5-24-15)7-19-14-8-18-13-6-11(17)2-3-12(13)21-14/h2-3,6,8,10,15H,4-5,7H2,1H3,(H,19,21)(H,20,22,23)/t10-,15-/m1/s1. The molecule has 2 aromatic heterocycles. The van der Waals surface area contributed by atoms with Crippen LogP contribution in [0.25, 0.3) is 11.0 Å². The normalized spacial score (nSPS) is 20.6. The Kier molecular flexibility index (Phi) is 4.03. The summed E-state index contributed by atoms with van der Waals surface area (Å²) in [5.74, 6) is 2.55. The summed E-state index contributed by atoms with van der Waals surface area (Å²) in [5, 5.41) is 11.1. The van der Waals surface area contributed by atoms with Crippen LogP contribution in [-0.2, 0) is 4.74 Å². The van der Waals surface area contributed by atoms with Crippen LogP contribution in [0.4, 0.5) is 5.82 Å². The third-order valence-electron chi connectivity index (χ3n) is 4.13. The molecule has 0 radical (unpaired) electrons. The zero-order valence-electron chi connectivity index (χ0n) is 13.2. The van der Waals surface area contributed by atoms with E-state index < -0.39 is 0 Å². The van der Waals surface area contributed by atoms with Crippen LogP contribution in [0.2, 0.25) is 5.02 Å². The highest BCUT2D eigenvalue weighted by atomic mass is 35.5. The van der Waals surface area contributed by atoms with Crippen molar-refractivity contribution in [3.63, 3.8) is 0 Å². The Morgan fingerprint density at radius 1 is 1.33 bits per heavy atom. The van der Waals surface area contributed by atoms with Crippen LogP contribution >= 0.6 is 11.6 Å². The lowest BCUT2D eigenvalue weighted by atomic mass is 10.0. The fourth-order valence-electron chi connectivity index (χ4n) is 2.92. The summed E-state index contributed by atoms with van der Waals surface area (Å²) >= 11 is 5.97. The summed E-state index contributed by atoms with van der Waals surface area (Å²) in [6.45, 7) is 3.33. The Balaban J connectivity index is 1.47. The molecule has 3 heterocycles. The van der Waals surface area contributed by atoms with Gasteiger partial charge in [-0.1, -0.05) is 11.6 Å². The maximum absolute atomic E-state index is 5.97. The fraction of sp³-hybridized carbons (Fsp3) is 0.375. The number of aryl methyl sites for hydroxylation is 1. The summed E-state index contributed by atoms with van der Waals surface area (Å²) in [4.78, 5) is 13.4. The Bertz CT molecular complexity index is 867. The van der Waals surface area contributed by atoms with Crippen LogP contribution in [0.5, 0.6) is 0 Å². The van der Waals surface area contributed by atoms with Crippen molar-refractivity contribution in [2.75, 3.05) is 18.5 Å². The molecule has 0 amide bonds. The first-order chi connectivity index (χ1) is 11.7. The van der Waals surface area contributed by atoms with E-state index in [0.29, 0.717) is 17.5 Å². The molecule has 3 aromatic rings. The van der Waals surface area contributed by atoms with E-state index in [0.717, 1.165) is 41.5 Å². The quantitative estimate of drug-likeness (QED) is 0.756. The molecular weight excluding hydrogens is 328 g/mol. The third-order valence-corrected chi connectivity index (χ3v) is 4.37. The average molecular weight is 345 g/mol. The Labute approximate surface area is 143 Å². The van der Waals surface area contributed by atoms with Crippen molar-refractivity contribution in [3.8, 4) is 0 Å². The van der Waals surface area contributed by atoms with Gasteiger partial charge in [-0.2, -0.15) is 5.10 Å². The summed E-state index contributed by atoms with van der Waals surface area (Å²) < 4.78 is 5.80. The average Bonchev–Trinajstić information content (AvgIpc) is 3.21. The van der Waals surface area contributed by atoms with Gasteiger partial charge < -0.3 is 10.1 Å². The maximum atomic E-state index is 5.97. The van der Waals surface area contributed by atoms with Gasteiger partial charge in [0.2, 0.25) is 0 Å². The number of aromatic nitrogens is 5. The molecule has 8 heteroatoms. The molecule has 7 nitrogen and oxygen atoms in total. The molecule has 0 bridgehead atoms. The van der Waals surface area contributed by atoms with E-state index in [9.17, 15) is 0 Å². The minimum atomic E-state index is -0.0883.